The van der Waals surface area contributed by atoms with Gasteiger partial charge in [0.05, 0.1) is 36.3 Å². The molecule has 0 N–H and O–H groups in total. The smallest absolute Gasteiger partial charge is 0.748 e. The Labute approximate surface area is 277 Å². The fourth-order valence-corrected chi connectivity index (χ4v) is 8.06. The van der Waals surface area contributed by atoms with Crippen molar-refractivity contribution in [3.8, 4) is 5.69 Å². The third-order valence-electron chi connectivity index (χ3n) is 6.45. The predicted molar refractivity (Wildman–Crippen MR) is 162 cm³/mol. The third-order valence-corrected chi connectivity index (χ3v) is 10.2. The minimum atomic E-state index is -4.32. The van der Waals surface area contributed by atoms with E-state index < -0.39 is 31.7 Å². The maximum Gasteiger partial charge on any atom is 1.00 e. The molecule has 0 saturated heterocycles. The Bertz CT molecular complexity index is 1820. The minimum absolute atomic E-state index is 0. The molecule has 2 heterocycles. The fraction of sp³-hybridized carbons (Fsp3) is 0.207. The second kappa shape index (κ2) is 14.3. The molecule has 13 heteroatoms. The number of hydrogen-bond acceptors (Lipinski definition) is 9. The van der Waals surface area contributed by atoms with E-state index in [4.69, 9.17) is 0 Å². The van der Waals surface area contributed by atoms with Crippen LogP contribution in [0.2, 0.25) is 0 Å². The molecule has 0 amide bonds. The van der Waals surface area contributed by atoms with E-state index in [0.717, 1.165) is 42.8 Å². The Kier molecular flexibility index (Phi) is 11.2. The number of aromatic nitrogens is 1. The molecule has 0 unspecified atom stereocenters. The van der Waals surface area contributed by atoms with Crippen LogP contribution in [0.4, 0.5) is 5.69 Å². The maximum atomic E-state index is 11.3. The van der Waals surface area contributed by atoms with Crippen molar-refractivity contribution in [1.82, 2.24) is 0 Å². The molecular formula is C29H27N2NaO6S4. The van der Waals surface area contributed by atoms with E-state index >= 15 is 0 Å². The largest absolute Gasteiger partial charge is 1.00 e. The molecule has 0 saturated carbocycles. The molecule has 4 aromatic rings. The molecule has 0 bridgehead atoms. The summed E-state index contributed by atoms with van der Waals surface area (Å²) >= 11 is 3.06. The minimum Gasteiger partial charge on any atom is -0.748 e. The van der Waals surface area contributed by atoms with E-state index in [9.17, 15) is 25.9 Å². The molecule has 214 valence electrons. The van der Waals surface area contributed by atoms with Crippen molar-refractivity contribution in [2.24, 2.45) is 0 Å². The second-order valence-electron chi connectivity index (χ2n) is 9.41. The van der Waals surface area contributed by atoms with Crippen molar-refractivity contribution in [2.45, 2.75) is 22.8 Å². The number of benzene rings is 3. The number of pyridine rings is 1. The van der Waals surface area contributed by atoms with Crippen molar-refractivity contribution < 1.29 is 60.1 Å². The van der Waals surface area contributed by atoms with E-state index in [1.54, 1.807) is 11.8 Å². The zero-order chi connectivity index (χ0) is 29.0. The predicted octanol–water partition coefficient (Wildman–Crippen LogP) is 1.99. The van der Waals surface area contributed by atoms with Gasteiger partial charge in [-0.1, -0.05) is 66.0 Å². The summed E-state index contributed by atoms with van der Waals surface area (Å²) < 4.78 is 69.5. The van der Waals surface area contributed by atoms with Crippen LogP contribution in [0, 0.1) is 0 Å². The van der Waals surface area contributed by atoms with Gasteiger partial charge in [-0.05, 0) is 42.7 Å². The summed E-state index contributed by atoms with van der Waals surface area (Å²) in [6.07, 6.45) is 2.50. The van der Waals surface area contributed by atoms with Crippen molar-refractivity contribution >= 4 is 66.4 Å². The summed E-state index contributed by atoms with van der Waals surface area (Å²) in [5.74, 6) is -0.410. The van der Waals surface area contributed by atoms with Gasteiger partial charge in [-0.2, -0.15) is 0 Å². The van der Waals surface area contributed by atoms with Gasteiger partial charge in [-0.25, -0.2) is 16.8 Å². The summed E-state index contributed by atoms with van der Waals surface area (Å²) in [5, 5.41) is 2.79. The van der Waals surface area contributed by atoms with E-state index in [-0.39, 0.29) is 42.4 Å². The average Bonchev–Trinajstić information content (AvgIpc) is 3.27. The van der Waals surface area contributed by atoms with Gasteiger partial charge < -0.3 is 14.0 Å². The Morgan fingerprint density at radius 2 is 1.48 bits per heavy atom. The molecule has 1 aliphatic heterocycles. The van der Waals surface area contributed by atoms with Crippen molar-refractivity contribution in [2.75, 3.05) is 28.7 Å². The van der Waals surface area contributed by atoms with Crippen LogP contribution in [0.15, 0.2) is 99.9 Å². The summed E-state index contributed by atoms with van der Waals surface area (Å²) in [6, 6.07) is 27.8. The third kappa shape index (κ3) is 8.40. The first-order valence-electron chi connectivity index (χ1n) is 12.9. The Balaban J connectivity index is 0.00000405. The summed E-state index contributed by atoms with van der Waals surface area (Å²) in [6.45, 7) is 0.372. The molecule has 8 nitrogen and oxygen atoms in total. The maximum absolute atomic E-state index is 11.3. The van der Waals surface area contributed by atoms with Crippen LogP contribution in [-0.4, -0.2) is 49.7 Å². The molecule has 1 aromatic heterocycles. The van der Waals surface area contributed by atoms with E-state index in [1.165, 1.54) is 11.8 Å². The molecule has 0 fully saturated rings. The van der Waals surface area contributed by atoms with E-state index in [1.807, 2.05) is 83.8 Å². The summed E-state index contributed by atoms with van der Waals surface area (Å²) in [4.78, 5) is 3.08. The summed E-state index contributed by atoms with van der Waals surface area (Å²) in [5.41, 5.74) is 3.80. The van der Waals surface area contributed by atoms with Crippen LogP contribution >= 0.6 is 23.5 Å². The molecule has 0 aliphatic carbocycles. The Morgan fingerprint density at radius 1 is 0.833 bits per heavy atom. The summed E-state index contributed by atoms with van der Waals surface area (Å²) in [7, 11) is -8.62. The number of fused-ring (bicyclic) bond motifs is 2. The zero-order valence-corrected chi connectivity index (χ0v) is 28.1. The molecule has 42 heavy (non-hydrogen) atoms. The van der Waals surface area contributed by atoms with Crippen LogP contribution in [0.5, 0.6) is 0 Å². The van der Waals surface area contributed by atoms with Gasteiger partial charge in [-0.3, -0.25) is 0 Å². The number of anilines is 1. The van der Waals surface area contributed by atoms with Gasteiger partial charge in [0.15, 0.2) is 0 Å². The van der Waals surface area contributed by atoms with Crippen molar-refractivity contribution in [3.05, 3.63) is 95.5 Å². The van der Waals surface area contributed by atoms with Crippen LogP contribution < -0.4 is 39.0 Å². The number of nitrogens with zero attached hydrogens (tertiary/aromatic N) is 2. The number of para-hydroxylation sites is 3. The molecule has 1 aliphatic rings. The van der Waals surface area contributed by atoms with Gasteiger partial charge in [0.1, 0.15) is 0 Å². The first-order valence-corrected chi connectivity index (χ1v) is 17.8. The first-order chi connectivity index (χ1) is 19.6. The van der Waals surface area contributed by atoms with Crippen molar-refractivity contribution in [1.29, 1.82) is 0 Å². The molecule has 0 atom stereocenters. The van der Waals surface area contributed by atoms with Gasteiger partial charge in [0.25, 0.3) is 0 Å². The van der Waals surface area contributed by atoms with Crippen molar-refractivity contribution in [3.63, 3.8) is 0 Å². The van der Waals surface area contributed by atoms with Crippen LogP contribution in [0.25, 0.3) is 22.7 Å². The zero-order valence-electron chi connectivity index (χ0n) is 22.9. The van der Waals surface area contributed by atoms with Crippen LogP contribution in [-0.2, 0) is 20.2 Å². The normalized spacial score (nSPS) is 14.2. The monoisotopic (exact) mass is 650 g/mol. The topological polar surface area (TPSA) is 122 Å². The SMILES string of the molecule is O=S(=O)([O-])CCCSc1cc(/C=C2/Sc3ccccc3N2CCCS(=O)(=O)[O-])c2ccccc2[n+]1-c1ccccc1.[Na+]. The fourth-order valence-electron chi connectivity index (χ4n) is 4.71. The van der Waals surface area contributed by atoms with Gasteiger partial charge in [0.2, 0.25) is 16.2 Å². The average molecular weight is 651 g/mol. The van der Waals surface area contributed by atoms with Crippen LogP contribution in [0.1, 0.15) is 18.4 Å². The number of rotatable bonds is 11. The second-order valence-corrected chi connectivity index (χ2v) is 14.6. The first kappa shape index (κ1) is 33.0. The quantitative estimate of drug-likeness (QED) is 0.0789. The Morgan fingerprint density at radius 3 is 2.21 bits per heavy atom. The number of hydrogen-bond donors (Lipinski definition) is 0. The molecule has 0 radical (unpaired) electrons. The molecular weight excluding hydrogens is 624 g/mol. The Hall–Kier alpha value is -1.87. The van der Waals surface area contributed by atoms with Gasteiger partial charge in [0, 0.05) is 53.0 Å². The molecule has 5 rings (SSSR count). The standard InChI is InChI=1S/C29H28N2O6S4.Na/c32-40(33,34)18-8-16-30-26-14-6-7-15-27(26)39-28(30)20-22-21-29(38-17-9-19-41(35,36)37)31(23-10-2-1-3-11-23)25-13-5-4-12-24(22)25;/h1-7,10-15,20-21H,8-9,16-19H2,(H-,32,33,34,35,36,37);/q;+1/p-1. The molecule has 0 spiro atoms. The van der Waals surface area contributed by atoms with Gasteiger partial charge >= 0.3 is 29.6 Å². The van der Waals surface area contributed by atoms with Gasteiger partial charge in [-0.15, -0.1) is 4.57 Å². The molecule has 3 aromatic carbocycles. The van der Waals surface area contributed by atoms with E-state index in [0.29, 0.717) is 12.3 Å². The van der Waals surface area contributed by atoms with Crippen LogP contribution in [0.3, 0.4) is 0 Å². The number of thioether (sulfide) groups is 2. The van der Waals surface area contributed by atoms with E-state index in [2.05, 4.69) is 16.7 Å².